The number of allylic oxidation sites excluding steroid dienone is 3. The first-order valence-electron chi connectivity index (χ1n) is 6.28. The van der Waals surface area contributed by atoms with Gasteiger partial charge >= 0.3 is 5.97 Å². The van der Waals surface area contributed by atoms with Crippen molar-refractivity contribution >= 4 is 11.8 Å². The Kier molecular flexibility index (Phi) is 2.19. The van der Waals surface area contributed by atoms with Gasteiger partial charge in [-0.1, -0.05) is 18.2 Å². The molecule has 1 saturated heterocycles. The van der Waals surface area contributed by atoms with E-state index in [1.54, 1.807) is 6.08 Å². The largest absolute Gasteiger partial charge is 0.457 e. The fraction of sp³-hybridized carbons (Fsp3) is 0.467. The molecular formula is C15H16O3. The quantitative estimate of drug-likeness (QED) is 0.485. The van der Waals surface area contributed by atoms with Gasteiger partial charge in [-0.15, -0.1) is 0 Å². The summed E-state index contributed by atoms with van der Waals surface area (Å²) in [6.45, 7) is 7.73. The van der Waals surface area contributed by atoms with Crippen LogP contribution in [0.15, 0.2) is 35.5 Å². The zero-order chi connectivity index (χ0) is 13.1. The van der Waals surface area contributed by atoms with Crippen molar-refractivity contribution in [3.63, 3.8) is 0 Å². The van der Waals surface area contributed by atoms with Crippen molar-refractivity contribution in [1.29, 1.82) is 0 Å². The molecule has 3 heteroatoms. The van der Waals surface area contributed by atoms with Gasteiger partial charge in [0.05, 0.1) is 5.41 Å². The highest BCUT2D eigenvalue weighted by Gasteiger charge is 2.57. The predicted octanol–water partition coefficient (Wildman–Crippen LogP) is 2.34. The summed E-state index contributed by atoms with van der Waals surface area (Å²) in [5.74, 6) is -0.303. The van der Waals surface area contributed by atoms with Gasteiger partial charge in [0.25, 0.3) is 0 Å². The number of carbonyl (C=O) groups is 2. The summed E-state index contributed by atoms with van der Waals surface area (Å²) in [7, 11) is 0. The van der Waals surface area contributed by atoms with E-state index in [-0.39, 0.29) is 23.8 Å². The van der Waals surface area contributed by atoms with Crippen LogP contribution in [0.1, 0.15) is 26.7 Å². The molecule has 2 fully saturated rings. The molecule has 0 N–H and O–H groups in total. The molecule has 0 amide bonds. The first-order valence-corrected chi connectivity index (χ1v) is 6.28. The van der Waals surface area contributed by atoms with Gasteiger partial charge in [-0.05, 0) is 38.3 Å². The van der Waals surface area contributed by atoms with Crippen LogP contribution in [-0.4, -0.2) is 17.9 Å². The van der Waals surface area contributed by atoms with Crippen molar-refractivity contribution < 1.29 is 14.3 Å². The van der Waals surface area contributed by atoms with Crippen molar-refractivity contribution in [3.8, 4) is 0 Å². The van der Waals surface area contributed by atoms with E-state index in [0.29, 0.717) is 5.57 Å². The van der Waals surface area contributed by atoms with Crippen LogP contribution in [0, 0.1) is 11.3 Å². The molecule has 0 aromatic heterocycles. The summed E-state index contributed by atoms with van der Waals surface area (Å²) in [6, 6.07) is 0. The lowest BCUT2D eigenvalue weighted by Crippen LogP contribution is -2.48. The molecule has 3 aliphatic rings. The minimum Gasteiger partial charge on any atom is -0.457 e. The van der Waals surface area contributed by atoms with Gasteiger partial charge in [-0.3, -0.25) is 4.79 Å². The first kappa shape index (κ1) is 11.5. The number of hydrogen-bond donors (Lipinski definition) is 0. The second-order valence-electron chi connectivity index (χ2n) is 5.56. The number of ether oxygens (including phenoxy) is 1. The molecule has 0 aromatic carbocycles. The van der Waals surface area contributed by atoms with Crippen LogP contribution >= 0.6 is 0 Å². The van der Waals surface area contributed by atoms with Gasteiger partial charge in [0, 0.05) is 11.5 Å². The molecule has 1 heterocycles. The molecule has 0 radical (unpaired) electrons. The normalized spacial score (nSPS) is 38.7. The van der Waals surface area contributed by atoms with E-state index < -0.39 is 5.41 Å². The highest BCUT2D eigenvalue weighted by atomic mass is 16.6. The van der Waals surface area contributed by atoms with Crippen molar-refractivity contribution in [2.45, 2.75) is 32.8 Å². The molecule has 0 unspecified atom stereocenters. The second kappa shape index (κ2) is 3.44. The van der Waals surface area contributed by atoms with E-state index in [2.05, 4.69) is 6.58 Å². The maximum Gasteiger partial charge on any atom is 0.334 e. The van der Waals surface area contributed by atoms with E-state index >= 15 is 0 Å². The maximum atomic E-state index is 12.3. The van der Waals surface area contributed by atoms with E-state index in [1.165, 1.54) is 0 Å². The van der Waals surface area contributed by atoms with Gasteiger partial charge in [0.1, 0.15) is 6.10 Å². The Labute approximate surface area is 106 Å². The summed E-state index contributed by atoms with van der Waals surface area (Å²) in [5.41, 5.74) is 2.10. The van der Waals surface area contributed by atoms with E-state index in [9.17, 15) is 9.59 Å². The minimum absolute atomic E-state index is 0.00509. The fourth-order valence-electron chi connectivity index (χ4n) is 3.55. The van der Waals surface area contributed by atoms with Crippen LogP contribution < -0.4 is 0 Å². The second-order valence-corrected chi connectivity index (χ2v) is 5.56. The zero-order valence-electron chi connectivity index (χ0n) is 10.7. The van der Waals surface area contributed by atoms with E-state index in [1.807, 2.05) is 19.9 Å². The monoisotopic (exact) mass is 244 g/mol. The van der Waals surface area contributed by atoms with Gasteiger partial charge in [-0.2, -0.15) is 0 Å². The molecule has 3 rings (SSSR count). The average molecular weight is 244 g/mol. The maximum absolute atomic E-state index is 12.3. The molecule has 2 aliphatic carbocycles. The Morgan fingerprint density at radius 2 is 2.11 bits per heavy atom. The number of rotatable bonds is 0. The van der Waals surface area contributed by atoms with Gasteiger partial charge in [0.2, 0.25) is 0 Å². The van der Waals surface area contributed by atoms with Crippen LogP contribution in [0.4, 0.5) is 0 Å². The third-order valence-corrected chi connectivity index (χ3v) is 4.68. The van der Waals surface area contributed by atoms with Crippen LogP contribution in [0.2, 0.25) is 0 Å². The van der Waals surface area contributed by atoms with E-state index in [0.717, 1.165) is 24.0 Å². The highest BCUT2D eigenvalue weighted by Crippen LogP contribution is 2.53. The summed E-state index contributed by atoms with van der Waals surface area (Å²) < 4.78 is 5.44. The van der Waals surface area contributed by atoms with E-state index in [4.69, 9.17) is 4.74 Å². The summed E-state index contributed by atoms with van der Waals surface area (Å²) in [6.07, 6.45) is 4.80. The summed E-state index contributed by atoms with van der Waals surface area (Å²) >= 11 is 0. The van der Waals surface area contributed by atoms with Gasteiger partial charge < -0.3 is 4.74 Å². The molecular weight excluding hydrogens is 228 g/mol. The minimum atomic E-state index is -0.684. The van der Waals surface area contributed by atoms with Crippen LogP contribution in [0.25, 0.3) is 0 Å². The molecule has 0 aromatic rings. The Hall–Kier alpha value is -1.64. The standard InChI is InChI=1S/C15H16O3/c1-8-4-7-12(16)15(3)11(8)6-5-10-9(2)14(17)18-13(10)15/h4,7,10,13H,2,5-6H2,1,3H3/t10-,13+,15-/m0/s1. The molecule has 94 valence electrons. The fourth-order valence-corrected chi connectivity index (χ4v) is 3.55. The lowest BCUT2D eigenvalue weighted by Gasteiger charge is -2.43. The predicted molar refractivity (Wildman–Crippen MR) is 66.7 cm³/mol. The molecule has 3 nitrogen and oxygen atoms in total. The Balaban J connectivity index is 2.14. The van der Waals surface area contributed by atoms with Gasteiger partial charge in [-0.25, -0.2) is 4.79 Å². The van der Waals surface area contributed by atoms with Crippen molar-refractivity contribution in [3.05, 3.63) is 35.5 Å². The Morgan fingerprint density at radius 1 is 1.39 bits per heavy atom. The number of esters is 1. The Bertz CT molecular complexity index is 538. The summed E-state index contributed by atoms with van der Waals surface area (Å²) in [5, 5.41) is 0. The average Bonchev–Trinajstić information content (AvgIpc) is 2.63. The highest BCUT2D eigenvalue weighted by molar-refractivity contribution is 6.01. The topological polar surface area (TPSA) is 43.4 Å². The lowest BCUT2D eigenvalue weighted by molar-refractivity contribution is -0.147. The van der Waals surface area contributed by atoms with Crippen LogP contribution in [0.5, 0.6) is 0 Å². The molecule has 3 atom stereocenters. The number of hydrogen-bond acceptors (Lipinski definition) is 3. The van der Waals surface area contributed by atoms with Crippen LogP contribution in [0.3, 0.4) is 0 Å². The van der Waals surface area contributed by atoms with Crippen LogP contribution in [-0.2, 0) is 14.3 Å². The molecule has 0 bridgehead atoms. The molecule has 1 saturated carbocycles. The van der Waals surface area contributed by atoms with Gasteiger partial charge in [0.15, 0.2) is 5.78 Å². The first-order chi connectivity index (χ1) is 8.46. The van der Waals surface area contributed by atoms with Crippen molar-refractivity contribution in [1.82, 2.24) is 0 Å². The molecule has 1 aliphatic heterocycles. The molecule has 0 spiro atoms. The number of fused-ring (bicyclic) bond motifs is 3. The lowest BCUT2D eigenvalue weighted by atomic mass is 9.60. The third kappa shape index (κ3) is 1.19. The summed E-state index contributed by atoms with van der Waals surface area (Å²) in [4.78, 5) is 24.0. The zero-order valence-corrected chi connectivity index (χ0v) is 10.7. The third-order valence-electron chi connectivity index (χ3n) is 4.68. The molecule has 18 heavy (non-hydrogen) atoms. The smallest absolute Gasteiger partial charge is 0.334 e. The number of carbonyl (C=O) groups excluding carboxylic acids is 2. The van der Waals surface area contributed by atoms with Crippen molar-refractivity contribution in [2.75, 3.05) is 0 Å². The number of ketones is 1. The van der Waals surface area contributed by atoms with Crippen molar-refractivity contribution in [2.24, 2.45) is 11.3 Å². The SMILES string of the molecule is C=C1C(=O)O[C@@H]2[C@H]1CCC1=C(C)C=CC(=O)[C@]12C. The Morgan fingerprint density at radius 3 is 2.83 bits per heavy atom.